The van der Waals surface area contributed by atoms with Crippen LogP contribution in [0.1, 0.15) is 19.4 Å². The summed E-state index contributed by atoms with van der Waals surface area (Å²) in [6.07, 6.45) is -4.51. The topological polar surface area (TPSA) is 0 Å². The molecule has 1 aromatic carbocycles. The van der Waals surface area contributed by atoms with Gasteiger partial charge in [-0.3, -0.25) is 0 Å². The van der Waals surface area contributed by atoms with E-state index in [1.807, 2.05) is 13.8 Å². The molecule has 0 atom stereocenters. The molecule has 0 aromatic heterocycles. The molecular weight excluding hydrogens is 264 g/mol. The fourth-order valence-electron chi connectivity index (χ4n) is 0.715. The fourth-order valence-corrected chi connectivity index (χ4v) is 1.19. The second-order valence-electron chi connectivity index (χ2n) is 2.12. The zero-order valence-corrected chi connectivity index (χ0v) is 9.21. The molecule has 0 nitrogen and oxygen atoms in total. The van der Waals surface area contributed by atoms with E-state index in [1.165, 1.54) is 0 Å². The average molecular weight is 273 g/mol. The summed E-state index contributed by atoms with van der Waals surface area (Å²) in [7, 11) is 0. The number of hydrogen-bond acceptors (Lipinski definition) is 0. The first-order valence-corrected chi connectivity index (χ1v) is 4.73. The molecule has 0 N–H and O–H groups in total. The van der Waals surface area contributed by atoms with Crippen LogP contribution in [0.25, 0.3) is 0 Å². The van der Waals surface area contributed by atoms with E-state index in [1.54, 1.807) is 0 Å². The van der Waals surface area contributed by atoms with E-state index in [2.05, 4.69) is 15.9 Å². The van der Waals surface area contributed by atoms with Gasteiger partial charge in [0.2, 0.25) is 0 Å². The van der Waals surface area contributed by atoms with Crippen LogP contribution in [-0.4, -0.2) is 0 Å². The van der Waals surface area contributed by atoms with Crippen LogP contribution in [-0.2, 0) is 6.18 Å². The van der Waals surface area contributed by atoms with Crippen molar-refractivity contribution in [3.63, 3.8) is 0 Å². The Morgan fingerprint density at radius 3 is 2.00 bits per heavy atom. The second-order valence-corrected chi connectivity index (χ2v) is 2.98. The first kappa shape index (κ1) is 13.4. The van der Waals surface area contributed by atoms with Crippen molar-refractivity contribution < 1.29 is 17.6 Å². The monoisotopic (exact) mass is 272 g/mol. The van der Waals surface area contributed by atoms with Gasteiger partial charge in [-0.05, 0) is 18.2 Å². The van der Waals surface area contributed by atoms with Gasteiger partial charge in [-0.1, -0.05) is 29.8 Å². The Kier molecular flexibility index (Phi) is 5.12. The molecule has 0 radical (unpaired) electrons. The van der Waals surface area contributed by atoms with Crippen LogP contribution >= 0.6 is 15.9 Å². The van der Waals surface area contributed by atoms with Crippen LogP contribution in [0.2, 0.25) is 0 Å². The maximum absolute atomic E-state index is 12.4. The summed E-state index contributed by atoms with van der Waals surface area (Å²) < 4.78 is 48.3. The minimum absolute atomic E-state index is 0.156. The van der Waals surface area contributed by atoms with E-state index in [0.717, 1.165) is 12.1 Å². The van der Waals surface area contributed by atoms with Crippen LogP contribution in [0.5, 0.6) is 0 Å². The van der Waals surface area contributed by atoms with E-state index < -0.39 is 17.6 Å². The number of hydrogen-bond donors (Lipinski definition) is 0. The van der Waals surface area contributed by atoms with Crippen LogP contribution in [0.4, 0.5) is 17.6 Å². The van der Waals surface area contributed by atoms with E-state index in [-0.39, 0.29) is 4.47 Å². The zero-order valence-electron chi connectivity index (χ0n) is 7.62. The van der Waals surface area contributed by atoms with Crippen molar-refractivity contribution in [2.24, 2.45) is 0 Å². The summed E-state index contributed by atoms with van der Waals surface area (Å²) in [5, 5.41) is 0. The standard InChI is InChI=1S/C7H3BrF4.C2H6/c8-6-2-1-4(9)3-5(6)7(10,11)12;1-2/h1-3H;1-2H3. The lowest BCUT2D eigenvalue weighted by Gasteiger charge is -2.07. The predicted molar refractivity (Wildman–Crippen MR) is 50.5 cm³/mol. The summed E-state index contributed by atoms with van der Waals surface area (Å²) in [6.45, 7) is 4.00. The van der Waals surface area contributed by atoms with Crippen LogP contribution in [0.3, 0.4) is 0 Å². The molecule has 0 saturated heterocycles. The molecule has 0 spiro atoms. The molecule has 0 unspecified atom stereocenters. The highest BCUT2D eigenvalue weighted by molar-refractivity contribution is 9.10. The van der Waals surface area contributed by atoms with E-state index in [4.69, 9.17) is 0 Å². The lowest BCUT2D eigenvalue weighted by Crippen LogP contribution is -2.06. The first-order chi connectivity index (χ1) is 6.41. The number of benzene rings is 1. The SMILES string of the molecule is CC.Fc1ccc(Br)c(C(F)(F)F)c1. The van der Waals surface area contributed by atoms with Crippen molar-refractivity contribution in [2.75, 3.05) is 0 Å². The Morgan fingerprint density at radius 1 is 1.14 bits per heavy atom. The molecule has 1 aromatic rings. The van der Waals surface area contributed by atoms with Gasteiger partial charge >= 0.3 is 6.18 Å². The van der Waals surface area contributed by atoms with Gasteiger partial charge in [0.1, 0.15) is 5.82 Å². The van der Waals surface area contributed by atoms with E-state index in [9.17, 15) is 17.6 Å². The highest BCUT2D eigenvalue weighted by Gasteiger charge is 2.33. The van der Waals surface area contributed by atoms with Gasteiger partial charge in [-0.25, -0.2) is 4.39 Å². The highest BCUT2D eigenvalue weighted by atomic mass is 79.9. The molecule has 0 heterocycles. The second kappa shape index (κ2) is 5.34. The molecule has 0 aliphatic rings. The molecule has 0 bridgehead atoms. The Labute approximate surface area is 88.1 Å². The quantitative estimate of drug-likeness (QED) is 0.604. The summed E-state index contributed by atoms with van der Waals surface area (Å²) in [6, 6.07) is 2.43. The molecule has 0 fully saturated rings. The third-order valence-electron chi connectivity index (χ3n) is 1.23. The molecule has 0 saturated carbocycles. The van der Waals surface area contributed by atoms with Crippen molar-refractivity contribution in [3.05, 3.63) is 34.1 Å². The highest BCUT2D eigenvalue weighted by Crippen LogP contribution is 2.34. The van der Waals surface area contributed by atoms with Crippen LogP contribution in [0.15, 0.2) is 22.7 Å². The Balaban J connectivity index is 0.000000791. The van der Waals surface area contributed by atoms with E-state index >= 15 is 0 Å². The van der Waals surface area contributed by atoms with Gasteiger partial charge < -0.3 is 0 Å². The van der Waals surface area contributed by atoms with Crippen LogP contribution < -0.4 is 0 Å². The summed E-state index contributed by atoms with van der Waals surface area (Å²) in [5.41, 5.74) is -0.998. The van der Waals surface area contributed by atoms with Gasteiger partial charge in [-0.2, -0.15) is 13.2 Å². The minimum atomic E-state index is -4.51. The van der Waals surface area contributed by atoms with E-state index in [0.29, 0.717) is 6.07 Å². The molecule has 14 heavy (non-hydrogen) atoms. The van der Waals surface area contributed by atoms with Crippen molar-refractivity contribution in [2.45, 2.75) is 20.0 Å². The van der Waals surface area contributed by atoms with Crippen molar-refractivity contribution in [3.8, 4) is 0 Å². The summed E-state index contributed by atoms with van der Waals surface area (Å²) in [5.74, 6) is -0.898. The number of alkyl halides is 3. The largest absolute Gasteiger partial charge is 0.417 e. The van der Waals surface area contributed by atoms with Crippen molar-refractivity contribution in [1.82, 2.24) is 0 Å². The third kappa shape index (κ3) is 3.65. The van der Waals surface area contributed by atoms with Gasteiger partial charge in [0.15, 0.2) is 0 Å². The Bertz CT molecular complexity index is 293. The smallest absolute Gasteiger partial charge is 0.207 e. The van der Waals surface area contributed by atoms with Gasteiger partial charge in [-0.15, -0.1) is 0 Å². The molecule has 80 valence electrons. The lowest BCUT2D eigenvalue weighted by atomic mass is 10.2. The number of rotatable bonds is 0. The van der Waals surface area contributed by atoms with Crippen LogP contribution in [0, 0.1) is 5.82 Å². The molecule has 1 rings (SSSR count). The first-order valence-electron chi connectivity index (χ1n) is 3.93. The summed E-state index contributed by atoms with van der Waals surface area (Å²) >= 11 is 2.68. The van der Waals surface area contributed by atoms with Gasteiger partial charge in [0.05, 0.1) is 5.56 Å². The van der Waals surface area contributed by atoms with Gasteiger partial charge in [0, 0.05) is 4.47 Å². The normalized spacial score (nSPS) is 10.5. The third-order valence-corrected chi connectivity index (χ3v) is 1.93. The average Bonchev–Trinajstić information content (AvgIpc) is 2.11. The zero-order chi connectivity index (χ0) is 11.4. The van der Waals surface area contributed by atoms with Crippen molar-refractivity contribution in [1.29, 1.82) is 0 Å². The molecule has 0 aliphatic heterocycles. The maximum atomic E-state index is 12.4. The fraction of sp³-hybridized carbons (Fsp3) is 0.333. The van der Waals surface area contributed by atoms with Gasteiger partial charge in [0.25, 0.3) is 0 Å². The number of halogens is 5. The minimum Gasteiger partial charge on any atom is -0.207 e. The molecule has 0 amide bonds. The molecule has 0 aliphatic carbocycles. The maximum Gasteiger partial charge on any atom is 0.417 e. The predicted octanol–water partition coefficient (Wildman–Crippen LogP) is 4.63. The van der Waals surface area contributed by atoms with Crippen molar-refractivity contribution >= 4 is 15.9 Å². The lowest BCUT2D eigenvalue weighted by molar-refractivity contribution is -0.138. The molecular formula is C9H9BrF4. The summed E-state index contributed by atoms with van der Waals surface area (Å²) in [4.78, 5) is 0. The molecule has 5 heteroatoms. The Hall–Kier alpha value is -0.580. The Morgan fingerprint density at radius 2 is 1.64 bits per heavy atom.